The number of hydrogen-bond acceptors (Lipinski definition) is 31. The van der Waals surface area contributed by atoms with Crippen molar-refractivity contribution in [2.75, 3.05) is 47.3 Å². The normalized spacial score (nSPS) is 52.1. The summed E-state index contributed by atoms with van der Waals surface area (Å²) in [5.41, 5.74) is -1.55. The molecule has 14 N–H and O–H groups in total. The minimum atomic E-state index is -2.03. The van der Waals surface area contributed by atoms with Gasteiger partial charge in [-0.15, -0.1) is 6.58 Å². The first-order valence-corrected chi connectivity index (χ1v) is 34.1. The lowest BCUT2D eigenvalue weighted by atomic mass is 9.41. The average molecular weight is 1390 g/mol. The van der Waals surface area contributed by atoms with Crippen LogP contribution in [-0.4, -0.2) is 314 Å². The second kappa shape index (κ2) is 29.2. The number of carbonyl (C=O) groups is 2. The fraction of sp³-hybridized carbons (Fsp3) is 0.909. The molecule has 7 saturated heterocycles. The number of carbonyl (C=O) groups excluding carboxylic acids is 2. The van der Waals surface area contributed by atoms with Crippen molar-refractivity contribution in [1.82, 2.24) is 0 Å². The number of aliphatic hydroxyl groups excluding tert-OH is 14. The third-order valence-corrected chi connectivity index (χ3v) is 24.0. The molecule has 554 valence electrons. The molecule has 0 bridgehead atoms. The Labute approximate surface area is 562 Å². The van der Waals surface area contributed by atoms with E-state index < -0.39 is 244 Å². The van der Waals surface area contributed by atoms with Gasteiger partial charge >= 0.3 is 5.97 Å². The summed E-state index contributed by atoms with van der Waals surface area (Å²) in [5.74, 6) is -0.990. The summed E-state index contributed by atoms with van der Waals surface area (Å²) in [6, 6.07) is 0. The van der Waals surface area contributed by atoms with Crippen LogP contribution in [0.2, 0.25) is 0 Å². The van der Waals surface area contributed by atoms with Gasteiger partial charge in [0, 0.05) is 20.6 Å². The summed E-state index contributed by atoms with van der Waals surface area (Å²) in [6.45, 7) is 14.6. The second-order valence-corrected chi connectivity index (χ2v) is 30.2. The van der Waals surface area contributed by atoms with Gasteiger partial charge in [-0.3, -0.25) is 9.59 Å². The predicted octanol–water partition coefficient (Wildman–Crippen LogP) is -3.27. The van der Waals surface area contributed by atoms with E-state index >= 15 is 0 Å². The average Bonchev–Trinajstić information content (AvgIpc) is 1.52. The van der Waals surface area contributed by atoms with Crippen LogP contribution in [0.3, 0.4) is 0 Å². The highest BCUT2D eigenvalue weighted by atomic mass is 16.8. The number of aliphatic hydroxyl groups is 14. The lowest BCUT2D eigenvalue weighted by Crippen LogP contribution is -2.67. The van der Waals surface area contributed by atoms with Crippen LogP contribution in [0.4, 0.5) is 0 Å². The maximum atomic E-state index is 14.6. The molecule has 0 aromatic carbocycles. The summed E-state index contributed by atoms with van der Waals surface area (Å²) in [4.78, 5) is 29.1. The molecule has 10 fully saturated rings. The molecule has 7 aliphatic heterocycles. The monoisotopic (exact) mass is 1390 g/mol. The van der Waals surface area contributed by atoms with Gasteiger partial charge in [0.05, 0.1) is 56.6 Å². The SMILES string of the molecule is C=C(C)CCC[C@]1(C)OC(=O)C23CC=C4C(CCC5C(C)(C)[C@@H](O[C@@H]6OC[C@@H](O[C@@H]7O[C@H](CO)[C@@H](O)[C@H](O[C@@H]8O[C@H](CO)[C@@H](O)[C@H](OC)[C@H]8O)[C@H]7O)[C@H](O)[C@H]6O[C@@H]6O[C@H](C)[C@@H](O[C@@H]7OC[C@@H](O)[C@H](O[C@@H]8O[C@H](CO)[C@@H](O)[C@H](OC)[C@H]8O)[C@H]7O)[C@H](O)[C@H]6O)CC[C@]45C)[C@]2(C)CC(=O)[C@@H]31. The van der Waals surface area contributed by atoms with E-state index in [2.05, 4.69) is 40.3 Å². The summed E-state index contributed by atoms with van der Waals surface area (Å²) in [6.07, 6.45) is -39.4. The van der Waals surface area contributed by atoms with Crippen LogP contribution < -0.4 is 0 Å². The Morgan fingerprint density at radius 1 is 0.577 bits per heavy atom. The number of ketones is 1. The standard InChI is InChI=1S/C66H104O31/c1-26(2)12-11-17-65(8)54-30(70)20-64(7)29-13-14-36-62(4,5)37(16-18-63(36,6)28(29)15-19-66(54,64)61(82)97-65)92-60-53(41(75)35(25-86-60)91-57-47(81)52(40(74)34(23-69)88-57)95-59-46(80)51(84-10)39(73)33(22-68)90-59)96-56-43(77)42(76)48(27(3)87-56)93-55-44(78)49(31(71)24-85-55)94-58-45(79)50(83-9)38(72)32(21-67)89-58/h15,27,29,31-60,67-69,71-81H,1,11-14,16-25H2,2-10H3/t27-,29?,31-,32-,33-,34-,35-,36?,37+,38-,39-,40-,41+,42-,43-,44-,45-,46-,47-,48-,49+,50+,51+,52+,53-,54-,55+,56+,57+,58+,59+,60+,63-,64+,65+,66?/m1/s1. The lowest BCUT2D eigenvalue weighted by molar-refractivity contribution is -0.394. The van der Waals surface area contributed by atoms with Crippen molar-refractivity contribution in [2.45, 2.75) is 290 Å². The van der Waals surface area contributed by atoms with Crippen LogP contribution >= 0.6 is 0 Å². The van der Waals surface area contributed by atoms with Crippen LogP contribution in [-0.2, 0) is 80.6 Å². The van der Waals surface area contributed by atoms with Gasteiger partial charge in [0.2, 0.25) is 0 Å². The van der Waals surface area contributed by atoms with Gasteiger partial charge in [0.1, 0.15) is 140 Å². The van der Waals surface area contributed by atoms with E-state index in [4.69, 9.17) is 71.1 Å². The molecule has 0 aromatic rings. The lowest BCUT2D eigenvalue weighted by Gasteiger charge is -2.63. The van der Waals surface area contributed by atoms with E-state index in [0.717, 1.165) is 18.4 Å². The van der Waals surface area contributed by atoms with Gasteiger partial charge in [0.25, 0.3) is 0 Å². The van der Waals surface area contributed by atoms with Gasteiger partial charge in [0.15, 0.2) is 37.7 Å². The smallest absolute Gasteiger partial charge is 0.314 e. The quantitative estimate of drug-likeness (QED) is 0.0305. The molecule has 3 unspecified atom stereocenters. The Morgan fingerprint density at radius 3 is 1.69 bits per heavy atom. The Kier molecular flexibility index (Phi) is 22.8. The third kappa shape index (κ3) is 13.1. The number of esters is 1. The number of fused-ring (bicyclic) bond motifs is 4. The zero-order valence-electron chi connectivity index (χ0n) is 56.4. The Morgan fingerprint density at radius 2 is 1.10 bits per heavy atom. The number of rotatable bonds is 21. The molecule has 4 aliphatic carbocycles. The summed E-state index contributed by atoms with van der Waals surface area (Å²) in [5, 5.41) is 156. The summed E-state index contributed by atoms with van der Waals surface area (Å²) in [7, 11) is 2.39. The fourth-order valence-corrected chi connectivity index (χ4v) is 18.8. The highest BCUT2D eigenvalue weighted by molar-refractivity contribution is 5.99. The first kappa shape index (κ1) is 75.7. The third-order valence-electron chi connectivity index (χ3n) is 24.0. The molecular weight excluding hydrogens is 1290 g/mol. The van der Waals surface area contributed by atoms with Gasteiger partial charge in [-0.2, -0.15) is 0 Å². The minimum Gasteiger partial charge on any atom is -0.458 e. The van der Waals surface area contributed by atoms with E-state index in [9.17, 15) is 81.1 Å². The van der Waals surface area contributed by atoms with Crippen LogP contribution in [0.25, 0.3) is 0 Å². The molecule has 97 heavy (non-hydrogen) atoms. The maximum Gasteiger partial charge on any atom is 0.314 e. The molecule has 11 rings (SSSR count). The van der Waals surface area contributed by atoms with Crippen molar-refractivity contribution in [3.63, 3.8) is 0 Å². The number of methoxy groups -OCH3 is 2. The van der Waals surface area contributed by atoms with Gasteiger partial charge < -0.3 is 143 Å². The molecule has 36 atom stereocenters. The summed E-state index contributed by atoms with van der Waals surface area (Å²) >= 11 is 0. The van der Waals surface area contributed by atoms with Crippen molar-refractivity contribution < 1.29 is 152 Å². The largest absolute Gasteiger partial charge is 0.458 e. The van der Waals surface area contributed by atoms with Gasteiger partial charge in [-0.1, -0.05) is 44.9 Å². The molecule has 31 nitrogen and oxygen atoms in total. The van der Waals surface area contributed by atoms with Crippen LogP contribution in [0.1, 0.15) is 106 Å². The summed E-state index contributed by atoms with van der Waals surface area (Å²) < 4.78 is 89.9. The topological polar surface area (TPSA) is 456 Å². The molecule has 31 heteroatoms. The highest BCUT2D eigenvalue weighted by Crippen LogP contribution is 2.75. The van der Waals surface area contributed by atoms with E-state index in [1.165, 1.54) is 26.7 Å². The van der Waals surface area contributed by atoms with Gasteiger partial charge in [-0.05, 0) is 100 Å². The number of hydrogen-bond donors (Lipinski definition) is 14. The molecule has 0 radical (unpaired) electrons. The minimum absolute atomic E-state index is 0.0511. The molecular formula is C66H104O31. The van der Waals surface area contributed by atoms with Crippen molar-refractivity contribution in [3.05, 3.63) is 23.8 Å². The van der Waals surface area contributed by atoms with E-state index in [1.807, 2.05) is 13.8 Å². The predicted molar refractivity (Wildman–Crippen MR) is 325 cm³/mol. The Hall–Kier alpha value is -2.50. The van der Waals surface area contributed by atoms with Crippen LogP contribution in [0, 0.1) is 39.4 Å². The van der Waals surface area contributed by atoms with Crippen molar-refractivity contribution in [2.24, 2.45) is 39.4 Å². The first-order chi connectivity index (χ1) is 45.8. The molecule has 7 heterocycles. The van der Waals surface area contributed by atoms with E-state index in [0.29, 0.717) is 38.5 Å². The molecule has 1 spiro atoms. The number of allylic oxidation sites excluding steroid dienone is 3. The van der Waals surface area contributed by atoms with E-state index in [-0.39, 0.29) is 30.0 Å². The fourth-order valence-electron chi connectivity index (χ4n) is 18.8. The molecule has 11 aliphatic rings. The van der Waals surface area contributed by atoms with Crippen LogP contribution in [0.15, 0.2) is 23.8 Å². The van der Waals surface area contributed by atoms with Gasteiger partial charge in [-0.25, -0.2) is 0 Å². The van der Waals surface area contributed by atoms with Crippen molar-refractivity contribution in [3.8, 4) is 0 Å². The molecule has 0 aromatic heterocycles. The van der Waals surface area contributed by atoms with E-state index in [1.54, 1.807) is 0 Å². The number of ether oxygens (including phenoxy) is 15. The first-order valence-electron chi connectivity index (χ1n) is 34.1. The van der Waals surface area contributed by atoms with Crippen molar-refractivity contribution in [1.29, 1.82) is 0 Å². The van der Waals surface area contributed by atoms with Crippen molar-refractivity contribution >= 4 is 11.8 Å². The van der Waals surface area contributed by atoms with Crippen LogP contribution in [0.5, 0.6) is 0 Å². The number of cyclic esters (lactones) is 1. The zero-order chi connectivity index (χ0) is 70.5. The second-order valence-electron chi connectivity index (χ2n) is 30.2. The maximum absolute atomic E-state index is 14.6. The highest BCUT2D eigenvalue weighted by Gasteiger charge is 2.79. The Bertz CT molecular complexity index is 2780. The zero-order valence-corrected chi connectivity index (χ0v) is 56.4. The Balaban J connectivity index is 0.828. The number of Topliss-reactive ketones (excluding diaryl/α,β-unsaturated/α-hetero) is 1. The molecule has 0 amide bonds. The molecule has 3 saturated carbocycles.